The smallest absolute Gasteiger partial charge is 0.410 e. The molecule has 0 bridgehead atoms. The van der Waals surface area contributed by atoms with Gasteiger partial charge in [0.15, 0.2) is 8.32 Å². The van der Waals surface area contributed by atoms with Crippen molar-refractivity contribution >= 4 is 8.32 Å². The first-order valence-electron chi connectivity index (χ1n) is 17.4. The van der Waals surface area contributed by atoms with E-state index < -0.39 is 37.3 Å². The van der Waals surface area contributed by atoms with E-state index in [4.69, 9.17) is 23.6 Å². The molecule has 1 saturated carbocycles. The lowest BCUT2D eigenvalue weighted by Crippen LogP contribution is -2.47. The molecule has 4 heterocycles. The number of halogens is 3. The summed E-state index contributed by atoms with van der Waals surface area (Å²) in [6, 6.07) is 5.73. The Kier molecular flexibility index (Phi) is 8.24. The monoisotopic (exact) mass is 668 g/mol. The van der Waals surface area contributed by atoms with Crippen LogP contribution in [0.3, 0.4) is 0 Å². The fourth-order valence-corrected chi connectivity index (χ4v) is 9.79. The molecule has 47 heavy (non-hydrogen) atoms. The van der Waals surface area contributed by atoms with Gasteiger partial charge in [0.1, 0.15) is 6.10 Å². The molecule has 3 aliphatic heterocycles. The number of aromatic nitrogens is 1. The van der Waals surface area contributed by atoms with Crippen LogP contribution in [-0.4, -0.2) is 39.7 Å². The zero-order valence-electron chi connectivity index (χ0n) is 28.3. The van der Waals surface area contributed by atoms with Gasteiger partial charge in [-0.15, -0.1) is 0 Å². The molecule has 5 aliphatic rings. The largest absolute Gasteiger partial charge is 0.417 e. The van der Waals surface area contributed by atoms with Crippen molar-refractivity contribution in [3.63, 3.8) is 0 Å². The first-order valence-corrected chi connectivity index (χ1v) is 20.3. The summed E-state index contributed by atoms with van der Waals surface area (Å²) in [5.74, 6) is 0.146. The highest BCUT2D eigenvalue weighted by molar-refractivity contribution is 6.74. The molecule has 254 valence electrons. The third kappa shape index (κ3) is 5.68. The Hall–Kier alpha value is -2.29. The van der Waals surface area contributed by atoms with Crippen molar-refractivity contribution in [1.82, 2.24) is 4.98 Å². The highest BCUT2D eigenvalue weighted by Gasteiger charge is 2.56. The normalized spacial score (nSPS) is 25.7. The summed E-state index contributed by atoms with van der Waals surface area (Å²) in [6.45, 7) is 13.8. The van der Waals surface area contributed by atoms with Gasteiger partial charge < -0.3 is 18.6 Å². The standard InChI is InChI=1S/C37H47F3N2O4Si/c1-34(2,3)47(4,5)46-28-21-35(11-6-12-35)20-27-29(28)31-30(32(42-27)23-9-15-43-16-10-23)33(45-36(31)13-17-44-18-14-36)24-7-8-26(37(38,39)40)25(19-24)22-41/h7-8,19,23,28,33H,6,9-18,20-21H2,1-5H3. The van der Waals surface area contributed by atoms with E-state index in [0.29, 0.717) is 44.8 Å². The van der Waals surface area contributed by atoms with Crippen LogP contribution in [0.5, 0.6) is 0 Å². The lowest BCUT2D eigenvalue weighted by Gasteiger charge is -2.51. The van der Waals surface area contributed by atoms with Crippen LogP contribution in [0.15, 0.2) is 18.2 Å². The molecule has 0 amide bonds. The third-order valence-electron chi connectivity index (χ3n) is 12.3. The zero-order chi connectivity index (χ0) is 33.4. The van der Waals surface area contributed by atoms with E-state index in [0.717, 1.165) is 59.8 Å². The molecule has 7 rings (SSSR count). The summed E-state index contributed by atoms with van der Waals surface area (Å²) in [5.41, 5.74) is 4.16. The Bertz CT molecular complexity index is 1580. The summed E-state index contributed by atoms with van der Waals surface area (Å²) < 4.78 is 68.0. The van der Waals surface area contributed by atoms with E-state index in [9.17, 15) is 18.4 Å². The van der Waals surface area contributed by atoms with Crippen molar-refractivity contribution in [3.8, 4) is 6.07 Å². The number of rotatable bonds is 4. The summed E-state index contributed by atoms with van der Waals surface area (Å²) in [5, 5.41) is 9.86. The highest BCUT2D eigenvalue weighted by atomic mass is 28.4. The molecule has 2 aromatic rings. The summed E-state index contributed by atoms with van der Waals surface area (Å²) in [6.07, 6.45) is 2.97. The number of ether oxygens (including phenoxy) is 3. The van der Waals surface area contributed by atoms with Crippen molar-refractivity contribution in [2.75, 3.05) is 26.4 Å². The van der Waals surface area contributed by atoms with Crippen molar-refractivity contribution in [2.24, 2.45) is 5.41 Å². The quantitative estimate of drug-likeness (QED) is 0.303. The van der Waals surface area contributed by atoms with Gasteiger partial charge in [-0.3, -0.25) is 4.98 Å². The van der Waals surface area contributed by atoms with E-state index in [1.54, 1.807) is 0 Å². The molecular weight excluding hydrogens is 621 g/mol. The molecule has 1 aromatic heterocycles. The molecule has 10 heteroatoms. The number of nitriles is 1. The Morgan fingerprint density at radius 2 is 1.66 bits per heavy atom. The summed E-state index contributed by atoms with van der Waals surface area (Å²) >= 11 is 0. The van der Waals surface area contributed by atoms with Crippen LogP contribution in [0, 0.1) is 16.7 Å². The number of benzene rings is 1. The molecule has 2 saturated heterocycles. The van der Waals surface area contributed by atoms with E-state index in [1.807, 2.05) is 6.07 Å². The van der Waals surface area contributed by atoms with Crippen molar-refractivity contribution in [3.05, 3.63) is 63.0 Å². The summed E-state index contributed by atoms with van der Waals surface area (Å²) in [4.78, 5) is 5.61. The van der Waals surface area contributed by atoms with Gasteiger partial charge in [0, 0.05) is 62.0 Å². The Morgan fingerprint density at radius 3 is 2.26 bits per heavy atom. The maximum atomic E-state index is 13.9. The van der Waals surface area contributed by atoms with Crippen LogP contribution in [0.1, 0.15) is 135 Å². The van der Waals surface area contributed by atoms with Gasteiger partial charge in [-0.05, 0) is 85.3 Å². The van der Waals surface area contributed by atoms with Gasteiger partial charge in [-0.25, -0.2) is 0 Å². The third-order valence-corrected chi connectivity index (χ3v) is 16.7. The SMILES string of the molecule is CC(C)(C)[Si](C)(C)OC1CC2(CCC2)Cc2nc(C3CCOCC3)c3c(c21)C1(CCOCC1)OC3c1ccc(C(F)(F)F)c(C#N)c1. The van der Waals surface area contributed by atoms with Gasteiger partial charge in [0.25, 0.3) is 0 Å². The Labute approximate surface area is 277 Å². The van der Waals surface area contributed by atoms with Gasteiger partial charge in [0.2, 0.25) is 0 Å². The number of pyridine rings is 1. The molecule has 2 aliphatic carbocycles. The maximum absolute atomic E-state index is 13.9. The molecule has 1 aromatic carbocycles. The molecule has 2 spiro atoms. The number of nitrogens with zero attached hydrogens (tertiary/aromatic N) is 2. The van der Waals surface area contributed by atoms with E-state index >= 15 is 0 Å². The predicted molar refractivity (Wildman–Crippen MR) is 173 cm³/mol. The van der Waals surface area contributed by atoms with Crippen molar-refractivity contribution in [2.45, 2.75) is 127 Å². The first-order chi connectivity index (χ1) is 22.2. The molecule has 0 N–H and O–H groups in total. The Morgan fingerprint density at radius 1 is 0.979 bits per heavy atom. The van der Waals surface area contributed by atoms with E-state index in [-0.39, 0.29) is 22.5 Å². The number of fused-ring (bicyclic) bond motifs is 4. The minimum atomic E-state index is -4.63. The number of hydrogen-bond acceptors (Lipinski definition) is 6. The minimum absolute atomic E-state index is 0.0132. The van der Waals surface area contributed by atoms with Crippen LogP contribution in [-0.2, 0) is 36.8 Å². The van der Waals surface area contributed by atoms with Crippen LogP contribution in [0.4, 0.5) is 13.2 Å². The van der Waals surface area contributed by atoms with Crippen molar-refractivity contribution < 1.29 is 31.8 Å². The molecule has 2 atom stereocenters. The second-order valence-electron chi connectivity index (χ2n) is 16.2. The van der Waals surface area contributed by atoms with Crippen LogP contribution in [0.25, 0.3) is 0 Å². The summed E-state index contributed by atoms with van der Waals surface area (Å²) in [7, 11) is -2.22. The van der Waals surface area contributed by atoms with Gasteiger partial charge in [-0.1, -0.05) is 33.3 Å². The van der Waals surface area contributed by atoms with Gasteiger partial charge >= 0.3 is 6.18 Å². The Balaban J connectivity index is 1.48. The number of hydrogen-bond donors (Lipinski definition) is 0. The maximum Gasteiger partial charge on any atom is 0.417 e. The lowest BCUT2D eigenvalue weighted by molar-refractivity contribution is -0.138. The topological polar surface area (TPSA) is 73.6 Å². The predicted octanol–water partition coefficient (Wildman–Crippen LogP) is 9.17. The molecular formula is C37H47F3N2O4Si. The highest BCUT2D eigenvalue weighted by Crippen LogP contribution is 2.62. The van der Waals surface area contributed by atoms with Gasteiger partial charge in [0.05, 0.1) is 34.6 Å². The van der Waals surface area contributed by atoms with Gasteiger partial charge in [-0.2, -0.15) is 18.4 Å². The number of alkyl halides is 3. The average Bonchev–Trinajstić information content (AvgIpc) is 3.32. The van der Waals surface area contributed by atoms with Crippen LogP contribution in [0.2, 0.25) is 18.1 Å². The first kappa shape index (κ1) is 33.2. The zero-order valence-corrected chi connectivity index (χ0v) is 29.3. The average molecular weight is 669 g/mol. The van der Waals surface area contributed by atoms with E-state index in [1.165, 1.54) is 31.4 Å². The lowest BCUT2D eigenvalue weighted by atomic mass is 9.58. The molecule has 0 radical (unpaired) electrons. The second kappa shape index (κ2) is 11.7. The van der Waals surface area contributed by atoms with E-state index in [2.05, 4.69) is 33.9 Å². The molecule has 2 unspecified atom stereocenters. The van der Waals surface area contributed by atoms with Crippen molar-refractivity contribution in [1.29, 1.82) is 5.26 Å². The minimum Gasteiger partial charge on any atom is -0.410 e. The fraction of sp³-hybridized carbons (Fsp3) is 0.676. The second-order valence-corrected chi connectivity index (χ2v) is 20.9. The van der Waals surface area contributed by atoms with Crippen LogP contribution >= 0.6 is 0 Å². The van der Waals surface area contributed by atoms with Crippen LogP contribution < -0.4 is 0 Å². The molecule has 6 nitrogen and oxygen atoms in total. The molecule has 3 fully saturated rings. The fourth-order valence-electron chi connectivity index (χ4n) is 8.53.